The Morgan fingerprint density at radius 3 is 2.48 bits per heavy atom. The number of nitrogens with one attached hydrogen (secondary N) is 2. The predicted octanol–water partition coefficient (Wildman–Crippen LogP) is 4.33. The maximum absolute atomic E-state index is 14.2. The molecule has 0 spiro atoms. The number of sulfonamides is 1. The Bertz CT molecular complexity index is 1340. The van der Waals surface area contributed by atoms with Crippen molar-refractivity contribution in [3.63, 3.8) is 0 Å². The number of anilines is 1. The molecule has 0 radical (unpaired) electrons. The zero-order chi connectivity index (χ0) is 32.4. The smallest absolute Gasteiger partial charge is 0.319 e. The van der Waals surface area contributed by atoms with Gasteiger partial charge in [0.1, 0.15) is 5.75 Å². The van der Waals surface area contributed by atoms with Gasteiger partial charge >= 0.3 is 6.03 Å². The molecule has 1 aliphatic heterocycles. The van der Waals surface area contributed by atoms with Gasteiger partial charge in [0.15, 0.2) is 0 Å². The van der Waals surface area contributed by atoms with Gasteiger partial charge < -0.3 is 30.1 Å². The van der Waals surface area contributed by atoms with Crippen LogP contribution >= 0.6 is 0 Å². The average molecular weight is 633 g/mol. The van der Waals surface area contributed by atoms with Gasteiger partial charge in [-0.15, -0.1) is 0 Å². The van der Waals surface area contributed by atoms with Crippen LogP contribution in [0.3, 0.4) is 0 Å². The van der Waals surface area contributed by atoms with Crippen LogP contribution in [0.5, 0.6) is 5.75 Å². The fourth-order valence-electron chi connectivity index (χ4n) is 5.02. The molecular weight excluding hydrogens is 584 g/mol. The van der Waals surface area contributed by atoms with Crippen LogP contribution in [0.4, 0.5) is 10.5 Å². The lowest BCUT2D eigenvalue weighted by molar-refractivity contribution is -0.00833. The number of ether oxygens (including phenoxy) is 2. The molecule has 0 saturated carbocycles. The summed E-state index contributed by atoms with van der Waals surface area (Å²) in [6.07, 6.45) is 1.55. The van der Waals surface area contributed by atoms with Crippen molar-refractivity contribution in [2.75, 3.05) is 38.7 Å². The van der Waals surface area contributed by atoms with E-state index in [4.69, 9.17) is 9.47 Å². The first kappa shape index (κ1) is 35.3. The number of carbonyl (C=O) groups is 2. The molecule has 0 unspecified atom stereocenters. The van der Waals surface area contributed by atoms with E-state index in [-0.39, 0.29) is 54.1 Å². The molecule has 3 amide bonds. The molecule has 0 aliphatic carbocycles. The van der Waals surface area contributed by atoms with E-state index in [0.717, 1.165) is 12.8 Å². The summed E-state index contributed by atoms with van der Waals surface area (Å²) >= 11 is 0. The highest BCUT2D eigenvalue weighted by Gasteiger charge is 2.32. The van der Waals surface area contributed by atoms with Crippen molar-refractivity contribution in [3.8, 4) is 5.75 Å². The minimum absolute atomic E-state index is 0.0719. The zero-order valence-electron chi connectivity index (χ0n) is 26.7. The minimum Gasteiger partial charge on any atom is -0.490 e. The molecule has 2 aromatic rings. The molecule has 1 aliphatic rings. The van der Waals surface area contributed by atoms with Gasteiger partial charge in [0.2, 0.25) is 10.0 Å². The van der Waals surface area contributed by atoms with Crippen LogP contribution in [-0.2, 0) is 14.8 Å². The Morgan fingerprint density at radius 2 is 1.82 bits per heavy atom. The first-order valence-electron chi connectivity index (χ1n) is 15.3. The summed E-state index contributed by atoms with van der Waals surface area (Å²) in [5.74, 6) is -0.293. The van der Waals surface area contributed by atoms with Crippen molar-refractivity contribution < 1.29 is 32.6 Å². The molecule has 3 rings (SSSR count). The van der Waals surface area contributed by atoms with Crippen LogP contribution in [0.1, 0.15) is 64.2 Å². The van der Waals surface area contributed by atoms with Gasteiger partial charge in [0.25, 0.3) is 5.91 Å². The Labute approximate surface area is 262 Å². The van der Waals surface area contributed by atoms with Crippen LogP contribution in [0, 0.1) is 5.92 Å². The molecule has 1 heterocycles. The molecule has 0 saturated heterocycles. The number of fused-ring (bicyclic) bond motifs is 1. The molecule has 244 valence electrons. The number of urea groups is 1. The van der Waals surface area contributed by atoms with E-state index < -0.39 is 28.2 Å². The number of amides is 3. The van der Waals surface area contributed by atoms with Gasteiger partial charge in [0, 0.05) is 44.4 Å². The quantitative estimate of drug-likeness (QED) is 0.394. The average Bonchev–Trinajstić information content (AvgIpc) is 2.98. The molecule has 44 heavy (non-hydrogen) atoms. The van der Waals surface area contributed by atoms with E-state index in [1.165, 1.54) is 11.4 Å². The Balaban J connectivity index is 1.96. The summed E-state index contributed by atoms with van der Waals surface area (Å²) < 4.78 is 40.4. The first-order chi connectivity index (χ1) is 20.8. The number of hydrogen-bond donors (Lipinski definition) is 3. The molecule has 0 bridgehead atoms. The van der Waals surface area contributed by atoms with Crippen LogP contribution in [0.2, 0.25) is 0 Å². The Hall–Kier alpha value is -3.19. The Kier molecular flexibility index (Phi) is 13.0. The highest BCUT2D eigenvalue weighted by molar-refractivity contribution is 7.89. The lowest BCUT2D eigenvalue weighted by Crippen LogP contribution is -2.48. The molecule has 0 aromatic heterocycles. The summed E-state index contributed by atoms with van der Waals surface area (Å²) in [5, 5.41) is 15.7. The van der Waals surface area contributed by atoms with E-state index in [0.29, 0.717) is 24.5 Å². The van der Waals surface area contributed by atoms with Crippen molar-refractivity contribution in [1.29, 1.82) is 0 Å². The highest BCUT2D eigenvalue weighted by atomic mass is 32.2. The van der Waals surface area contributed by atoms with E-state index >= 15 is 0 Å². The van der Waals surface area contributed by atoms with Crippen molar-refractivity contribution >= 4 is 27.6 Å². The summed E-state index contributed by atoms with van der Waals surface area (Å²) in [6.45, 7) is 9.71. The lowest BCUT2D eigenvalue weighted by atomic mass is 10.0. The minimum atomic E-state index is -3.76. The van der Waals surface area contributed by atoms with Crippen LogP contribution in [0.25, 0.3) is 0 Å². The third-order valence-electron chi connectivity index (χ3n) is 7.62. The number of nitrogens with zero attached hydrogens (tertiary/aromatic N) is 2. The summed E-state index contributed by atoms with van der Waals surface area (Å²) in [4.78, 5) is 28.4. The number of benzene rings is 2. The number of likely N-dealkylation sites (N-methyl/N-ethyl adjacent to an activating group) is 1. The van der Waals surface area contributed by atoms with Gasteiger partial charge in [-0.2, -0.15) is 4.31 Å². The van der Waals surface area contributed by atoms with Crippen molar-refractivity contribution in [3.05, 3.63) is 54.1 Å². The van der Waals surface area contributed by atoms with E-state index in [9.17, 15) is 23.1 Å². The zero-order valence-corrected chi connectivity index (χ0v) is 27.5. The molecule has 2 aromatic carbocycles. The molecular formula is C32H48N4O7S. The van der Waals surface area contributed by atoms with Gasteiger partial charge in [-0.1, -0.05) is 25.1 Å². The number of aliphatic hydroxyl groups excluding tert-OH is 1. The van der Waals surface area contributed by atoms with Crippen molar-refractivity contribution in [2.45, 2.75) is 83.1 Å². The maximum atomic E-state index is 14.2. The topological polar surface area (TPSA) is 138 Å². The number of rotatable bonds is 8. The summed E-state index contributed by atoms with van der Waals surface area (Å²) in [7, 11) is -2.23. The van der Waals surface area contributed by atoms with E-state index in [1.807, 2.05) is 27.7 Å². The van der Waals surface area contributed by atoms with Gasteiger partial charge in [-0.3, -0.25) is 4.79 Å². The number of hydrogen-bond acceptors (Lipinski definition) is 7. The number of aliphatic hydroxyl groups is 1. The van der Waals surface area contributed by atoms with Crippen LogP contribution < -0.4 is 15.4 Å². The van der Waals surface area contributed by atoms with E-state index in [1.54, 1.807) is 60.4 Å². The van der Waals surface area contributed by atoms with Crippen molar-refractivity contribution in [2.24, 2.45) is 5.92 Å². The Morgan fingerprint density at radius 1 is 1.11 bits per heavy atom. The molecule has 12 heteroatoms. The second-order valence-corrected chi connectivity index (χ2v) is 13.9. The molecule has 4 atom stereocenters. The monoisotopic (exact) mass is 632 g/mol. The standard InChI is InChI=1S/C32H48N4O7S/c1-22(2)33-32(39)34-26-15-16-29-28(18-26)31(38)36(24(4)21-37)19-23(3)30(42-17-11-10-12-25(5)43-29)20-35(6)44(40,41)27-13-8-7-9-14-27/h7-9,13-16,18,22-25,30,37H,10-12,17,19-21H2,1-6H3,(H2,33,34,39)/t23-,24+,25+,30+/m1/s1. The normalized spacial score (nSPS) is 21.2. The maximum Gasteiger partial charge on any atom is 0.319 e. The number of carbonyl (C=O) groups excluding carboxylic acids is 2. The third-order valence-corrected chi connectivity index (χ3v) is 9.46. The SMILES string of the molecule is CC(C)NC(=O)Nc1ccc2c(c1)C(=O)N([C@@H](C)CO)C[C@@H](C)[C@H](CN(C)S(=O)(=O)c1ccccc1)OCCCC[C@H](C)O2. The fraction of sp³-hybridized carbons (Fsp3) is 0.562. The van der Waals surface area contributed by atoms with E-state index in [2.05, 4.69) is 10.6 Å². The third kappa shape index (κ3) is 9.65. The second kappa shape index (κ2) is 16.2. The van der Waals surface area contributed by atoms with Gasteiger partial charge in [-0.05, 0) is 77.3 Å². The van der Waals surface area contributed by atoms with Crippen LogP contribution in [0.15, 0.2) is 53.4 Å². The predicted molar refractivity (Wildman–Crippen MR) is 170 cm³/mol. The summed E-state index contributed by atoms with van der Waals surface area (Å²) in [5.41, 5.74) is 0.677. The summed E-state index contributed by atoms with van der Waals surface area (Å²) in [6, 6.07) is 12.2. The molecule has 3 N–H and O–H groups in total. The second-order valence-electron chi connectivity index (χ2n) is 11.9. The van der Waals surface area contributed by atoms with Gasteiger partial charge in [-0.25, -0.2) is 13.2 Å². The highest BCUT2D eigenvalue weighted by Crippen LogP contribution is 2.29. The van der Waals surface area contributed by atoms with Gasteiger partial charge in [0.05, 0.1) is 35.3 Å². The molecule has 0 fully saturated rings. The van der Waals surface area contributed by atoms with Crippen molar-refractivity contribution in [1.82, 2.24) is 14.5 Å². The largest absolute Gasteiger partial charge is 0.490 e. The first-order valence-corrected chi connectivity index (χ1v) is 16.7. The fourth-order valence-corrected chi connectivity index (χ4v) is 6.22. The van der Waals surface area contributed by atoms with Crippen LogP contribution in [-0.4, -0.2) is 92.3 Å². The lowest BCUT2D eigenvalue weighted by Gasteiger charge is -2.35. The molecule has 11 nitrogen and oxygen atoms in total.